The molecule has 0 aliphatic carbocycles. The van der Waals surface area contributed by atoms with E-state index in [1.807, 2.05) is 13.8 Å². The van der Waals surface area contributed by atoms with Gasteiger partial charge < -0.3 is 0 Å². The van der Waals surface area contributed by atoms with Crippen molar-refractivity contribution in [3.05, 3.63) is 17.5 Å². The molecule has 0 N–H and O–H groups in total. The second-order valence-electron chi connectivity index (χ2n) is 4.69. The van der Waals surface area contributed by atoms with Gasteiger partial charge in [0.2, 0.25) is 0 Å². The Morgan fingerprint density at radius 1 is 1.15 bits per heavy atom. The van der Waals surface area contributed by atoms with Gasteiger partial charge in [0.25, 0.3) is 14.2 Å². The highest BCUT2D eigenvalue weighted by Gasteiger charge is 2.26. The molecule has 108 valence electrons. The largest absolute Gasteiger partial charge is 0.296 e. The van der Waals surface area contributed by atoms with E-state index in [9.17, 15) is 8.42 Å². The Bertz CT molecular complexity index is 754. The van der Waals surface area contributed by atoms with Crippen LogP contribution >= 0.6 is 10.7 Å². The molecule has 9 heteroatoms. The van der Waals surface area contributed by atoms with Crippen molar-refractivity contribution in [2.45, 2.75) is 38.9 Å². The maximum atomic E-state index is 11.6. The fourth-order valence-corrected chi connectivity index (χ4v) is 2.85. The molecule has 0 amide bonds. The zero-order chi connectivity index (χ0) is 15.1. The monoisotopic (exact) mass is 315 g/mol. The topological polar surface area (TPSA) is 90.6 Å². The Kier molecular flexibility index (Phi) is 3.79. The van der Waals surface area contributed by atoms with Crippen LogP contribution in [0.3, 0.4) is 0 Å². The van der Waals surface area contributed by atoms with Crippen LogP contribution in [0.15, 0.2) is 11.2 Å². The third-order valence-electron chi connectivity index (χ3n) is 2.74. The van der Waals surface area contributed by atoms with Gasteiger partial charge in [-0.2, -0.15) is 10.2 Å². The molecule has 0 saturated heterocycles. The van der Waals surface area contributed by atoms with E-state index < -0.39 is 9.05 Å². The molecule has 0 aliphatic rings. The predicted molar refractivity (Wildman–Crippen MR) is 73.9 cm³/mol. The van der Waals surface area contributed by atoms with Crippen LogP contribution < -0.4 is 0 Å². The van der Waals surface area contributed by atoms with Crippen molar-refractivity contribution in [2.75, 3.05) is 0 Å². The van der Waals surface area contributed by atoms with E-state index in [2.05, 4.69) is 20.4 Å². The van der Waals surface area contributed by atoms with Gasteiger partial charge in [-0.3, -0.25) is 4.57 Å². The molecule has 0 aliphatic heterocycles. The number of aryl methyl sites for hydroxylation is 2. The summed E-state index contributed by atoms with van der Waals surface area (Å²) in [6.45, 7) is 7.23. The van der Waals surface area contributed by atoms with Crippen molar-refractivity contribution >= 4 is 19.7 Å². The van der Waals surface area contributed by atoms with Gasteiger partial charge >= 0.3 is 0 Å². The number of hydrogen-bond donors (Lipinski definition) is 0. The molecular formula is C11H14ClN5O2S. The van der Waals surface area contributed by atoms with E-state index in [0.717, 1.165) is 0 Å². The van der Waals surface area contributed by atoms with Crippen LogP contribution in [0.1, 0.15) is 31.3 Å². The lowest BCUT2D eigenvalue weighted by molar-refractivity contribution is 0.530. The molecule has 2 aromatic heterocycles. The third-order valence-corrected chi connectivity index (χ3v) is 3.87. The van der Waals surface area contributed by atoms with Gasteiger partial charge in [0, 0.05) is 22.3 Å². The summed E-state index contributed by atoms with van der Waals surface area (Å²) in [5, 5.41) is 15.3. The first-order valence-corrected chi connectivity index (χ1v) is 8.23. The van der Waals surface area contributed by atoms with E-state index in [-0.39, 0.29) is 11.2 Å². The summed E-state index contributed by atoms with van der Waals surface area (Å²) in [4.78, 5) is 0. The lowest BCUT2D eigenvalue weighted by Gasteiger charge is -2.13. The molecule has 0 unspecified atom stereocenters. The lowest BCUT2D eigenvalue weighted by Crippen LogP contribution is -2.11. The molecule has 2 aromatic rings. The Balaban J connectivity index is 2.76. The summed E-state index contributed by atoms with van der Waals surface area (Å²) in [6, 6.07) is 1.62. The van der Waals surface area contributed by atoms with Crippen LogP contribution in [-0.4, -0.2) is 33.4 Å². The smallest absolute Gasteiger partial charge is 0.294 e. The zero-order valence-corrected chi connectivity index (χ0v) is 13.1. The maximum Gasteiger partial charge on any atom is 0.296 e. The Hall–Kier alpha value is -1.54. The van der Waals surface area contributed by atoms with Crippen molar-refractivity contribution < 1.29 is 8.42 Å². The van der Waals surface area contributed by atoms with Crippen LogP contribution in [-0.2, 0) is 9.05 Å². The van der Waals surface area contributed by atoms with Crippen LogP contribution in [0, 0.1) is 13.8 Å². The molecular weight excluding hydrogens is 302 g/mol. The fraction of sp³-hybridized carbons (Fsp3) is 0.455. The van der Waals surface area contributed by atoms with E-state index in [1.54, 1.807) is 19.9 Å². The normalized spacial score (nSPS) is 12.1. The summed E-state index contributed by atoms with van der Waals surface area (Å²) >= 11 is 0. The van der Waals surface area contributed by atoms with Gasteiger partial charge in [-0.05, 0) is 33.8 Å². The molecule has 0 atom stereocenters. The number of halogens is 1. The summed E-state index contributed by atoms with van der Waals surface area (Å²) < 4.78 is 24.6. The Morgan fingerprint density at radius 3 is 2.35 bits per heavy atom. The summed E-state index contributed by atoms with van der Waals surface area (Å²) in [7, 11) is 1.44. The number of nitrogens with zero attached hydrogens (tertiary/aromatic N) is 5. The third kappa shape index (κ3) is 2.66. The van der Waals surface area contributed by atoms with Crippen molar-refractivity contribution in [1.82, 2.24) is 25.0 Å². The maximum absolute atomic E-state index is 11.6. The molecule has 0 saturated carbocycles. The Morgan fingerprint density at radius 2 is 1.80 bits per heavy atom. The first-order valence-electron chi connectivity index (χ1n) is 5.92. The zero-order valence-electron chi connectivity index (χ0n) is 11.5. The van der Waals surface area contributed by atoms with Gasteiger partial charge in [-0.1, -0.05) is 0 Å². The predicted octanol–water partition coefficient (Wildman–Crippen LogP) is 1.86. The second-order valence-corrected chi connectivity index (χ2v) is 7.15. The molecule has 7 nitrogen and oxygen atoms in total. The van der Waals surface area contributed by atoms with Crippen LogP contribution in [0.5, 0.6) is 0 Å². The first kappa shape index (κ1) is 14.9. The van der Waals surface area contributed by atoms with Gasteiger partial charge in [-0.25, -0.2) is 8.42 Å². The van der Waals surface area contributed by atoms with Crippen molar-refractivity contribution in [1.29, 1.82) is 0 Å². The van der Waals surface area contributed by atoms with E-state index in [4.69, 9.17) is 10.7 Å². The molecule has 0 bridgehead atoms. The van der Waals surface area contributed by atoms with E-state index in [1.165, 1.54) is 4.57 Å². The minimum atomic E-state index is -3.96. The molecule has 2 heterocycles. The molecule has 2 rings (SSSR count). The Labute approximate surface area is 121 Å². The summed E-state index contributed by atoms with van der Waals surface area (Å²) in [6.07, 6.45) is 0. The van der Waals surface area contributed by atoms with Gasteiger partial charge in [-0.15, -0.1) is 10.2 Å². The minimum Gasteiger partial charge on any atom is -0.294 e. The second kappa shape index (κ2) is 5.10. The summed E-state index contributed by atoms with van der Waals surface area (Å²) in [5.74, 6) is 0.412. The minimum absolute atomic E-state index is 0.170. The van der Waals surface area contributed by atoms with Crippen LogP contribution in [0.4, 0.5) is 0 Å². The molecule has 0 spiro atoms. The fourth-order valence-electron chi connectivity index (χ4n) is 1.87. The highest BCUT2D eigenvalue weighted by atomic mass is 35.7. The van der Waals surface area contributed by atoms with Gasteiger partial charge in [0.05, 0.1) is 11.4 Å². The molecule has 20 heavy (non-hydrogen) atoms. The van der Waals surface area contributed by atoms with Gasteiger partial charge in [0.1, 0.15) is 0 Å². The SMILES string of the molecule is Cc1cc(-c2nnc(S(=O)(=O)Cl)n2C(C)C)c(C)nn1. The highest BCUT2D eigenvalue weighted by molar-refractivity contribution is 8.13. The number of hydrogen-bond acceptors (Lipinski definition) is 6. The summed E-state index contributed by atoms with van der Waals surface area (Å²) in [5.41, 5.74) is 2.04. The number of aromatic nitrogens is 5. The first-order chi connectivity index (χ1) is 9.21. The van der Waals surface area contributed by atoms with Crippen LogP contribution in [0.2, 0.25) is 0 Å². The quantitative estimate of drug-likeness (QED) is 0.803. The van der Waals surface area contributed by atoms with Gasteiger partial charge in [0.15, 0.2) is 5.82 Å². The van der Waals surface area contributed by atoms with E-state index in [0.29, 0.717) is 22.8 Å². The van der Waals surface area contributed by atoms with E-state index >= 15 is 0 Å². The lowest BCUT2D eigenvalue weighted by atomic mass is 10.2. The van der Waals surface area contributed by atoms with Crippen molar-refractivity contribution in [2.24, 2.45) is 0 Å². The molecule has 0 aromatic carbocycles. The van der Waals surface area contributed by atoms with Crippen molar-refractivity contribution in [3.63, 3.8) is 0 Å². The number of rotatable bonds is 3. The molecule has 0 radical (unpaired) electrons. The standard InChI is InChI=1S/C11H14ClN5O2S/c1-6(2)17-10(15-16-11(17)20(12,18)19)9-5-7(3)13-14-8(9)4/h5-6H,1-4H3. The highest BCUT2D eigenvalue weighted by Crippen LogP contribution is 2.27. The average molecular weight is 316 g/mol. The van der Waals surface area contributed by atoms with Crippen LogP contribution in [0.25, 0.3) is 11.4 Å². The average Bonchev–Trinajstić information content (AvgIpc) is 2.76. The van der Waals surface area contributed by atoms with Crippen molar-refractivity contribution in [3.8, 4) is 11.4 Å². The molecule has 0 fully saturated rings.